The van der Waals surface area contributed by atoms with E-state index < -0.39 is 18.1 Å². The minimum Gasteiger partial charge on any atom is -0.435 e. The molecule has 0 radical (unpaired) electrons. The van der Waals surface area contributed by atoms with Gasteiger partial charge >= 0.3 is 6.43 Å². The van der Waals surface area contributed by atoms with Crippen LogP contribution >= 0.6 is 0 Å². The van der Waals surface area contributed by atoms with Gasteiger partial charge in [0.25, 0.3) is 5.89 Å². The van der Waals surface area contributed by atoms with Gasteiger partial charge in [-0.3, -0.25) is 0 Å². The summed E-state index contributed by atoms with van der Waals surface area (Å²) in [4.78, 5) is 3.42. The number of aromatic nitrogens is 1. The Kier molecular flexibility index (Phi) is 1.72. The molecule has 0 N–H and O–H groups in total. The van der Waals surface area contributed by atoms with Crippen molar-refractivity contribution in [1.29, 1.82) is 0 Å². The van der Waals surface area contributed by atoms with Gasteiger partial charge in [-0.15, -0.1) is 0 Å². The van der Waals surface area contributed by atoms with Crippen LogP contribution in [0.3, 0.4) is 0 Å². The van der Waals surface area contributed by atoms with E-state index in [1.807, 2.05) is 0 Å². The molecule has 0 aliphatic heterocycles. The van der Waals surface area contributed by atoms with Crippen LogP contribution in [-0.4, -0.2) is 4.98 Å². The molecule has 0 amide bonds. The SMILES string of the molecule is Fc1ccc2oc(C(F)F)nc2c1. The normalized spacial score (nSPS) is 11.4. The van der Waals surface area contributed by atoms with Crippen LogP contribution < -0.4 is 0 Å². The molecular formula is C8H4F3NO. The Morgan fingerprint density at radius 1 is 1.31 bits per heavy atom. The summed E-state index contributed by atoms with van der Waals surface area (Å²) in [6.07, 6.45) is -2.77. The second-order valence-corrected chi connectivity index (χ2v) is 2.46. The van der Waals surface area contributed by atoms with Gasteiger partial charge in [-0.1, -0.05) is 0 Å². The summed E-state index contributed by atoms with van der Waals surface area (Å²) >= 11 is 0. The van der Waals surface area contributed by atoms with Crippen LogP contribution in [0.2, 0.25) is 0 Å². The van der Waals surface area contributed by atoms with Crippen molar-refractivity contribution in [3.05, 3.63) is 29.9 Å². The van der Waals surface area contributed by atoms with Gasteiger partial charge in [-0.05, 0) is 12.1 Å². The molecule has 0 unspecified atom stereocenters. The van der Waals surface area contributed by atoms with E-state index in [0.29, 0.717) is 0 Å². The van der Waals surface area contributed by atoms with Crippen molar-refractivity contribution in [2.75, 3.05) is 0 Å². The first kappa shape index (κ1) is 8.10. The molecule has 1 heterocycles. The first-order valence-corrected chi connectivity index (χ1v) is 3.51. The molecule has 2 aromatic rings. The molecule has 1 aromatic carbocycles. The van der Waals surface area contributed by atoms with E-state index in [2.05, 4.69) is 9.40 Å². The monoisotopic (exact) mass is 187 g/mol. The number of hydrogen-bond acceptors (Lipinski definition) is 2. The van der Waals surface area contributed by atoms with E-state index in [1.165, 1.54) is 6.07 Å². The number of nitrogens with zero attached hydrogens (tertiary/aromatic N) is 1. The zero-order valence-electron chi connectivity index (χ0n) is 6.30. The molecule has 0 spiro atoms. The van der Waals surface area contributed by atoms with Crippen LogP contribution in [0.5, 0.6) is 0 Å². The van der Waals surface area contributed by atoms with E-state index in [-0.39, 0.29) is 11.1 Å². The minimum atomic E-state index is -2.77. The third-order valence-corrected chi connectivity index (χ3v) is 1.55. The largest absolute Gasteiger partial charge is 0.435 e. The maximum Gasteiger partial charge on any atom is 0.313 e. The summed E-state index contributed by atoms with van der Waals surface area (Å²) in [5.41, 5.74) is 0.270. The Hall–Kier alpha value is -1.52. The fraction of sp³-hybridized carbons (Fsp3) is 0.125. The Bertz CT molecular complexity index is 438. The number of oxazole rings is 1. The van der Waals surface area contributed by atoms with Crippen LogP contribution in [0, 0.1) is 5.82 Å². The van der Waals surface area contributed by atoms with Gasteiger partial charge in [-0.2, -0.15) is 8.78 Å². The summed E-state index contributed by atoms with van der Waals surface area (Å²) < 4.78 is 41.3. The molecule has 0 aliphatic rings. The van der Waals surface area contributed by atoms with Gasteiger partial charge in [0.15, 0.2) is 5.58 Å². The quantitative estimate of drug-likeness (QED) is 0.685. The number of halogens is 3. The lowest BCUT2D eigenvalue weighted by atomic mass is 10.3. The molecule has 0 atom stereocenters. The highest BCUT2D eigenvalue weighted by Gasteiger charge is 2.15. The van der Waals surface area contributed by atoms with Crippen molar-refractivity contribution in [3.8, 4) is 0 Å². The second kappa shape index (κ2) is 2.76. The molecule has 2 nitrogen and oxygen atoms in total. The van der Waals surface area contributed by atoms with E-state index in [9.17, 15) is 13.2 Å². The van der Waals surface area contributed by atoms with Crippen molar-refractivity contribution in [1.82, 2.24) is 4.98 Å². The molecule has 2 rings (SSSR count). The van der Waals surface area contributed by atoms with Crippen LogP contribution in [0.15, 0.2) is 22.6 Å². The highest BCUT2D eigenvalue weighted by Crippen LogP contribution is 2.23. The Morgan fingerprint density at radius 2 is 2.08 bits per heavy atom. The fourth-order valence-corrected chi connectivity index (χ4v) is 1.01. The predicted molar refractivity (Wildman–Crippen MR) is 38.9 cm³/mol. The highest BCUT2D eigenvalue weighted by atomic mass is 19.3. The van der Waals surface area contributed by atoms with Crippen molar-refractivity contribution in [3.63, 3.8) is 0 Å². The summed E-state index contributed by atoms with van der Waals surface area (Å²) in [7, 11) is 0. The molecule has 0 fully saturated rings. The van der Waals surface area contributed by atoms with Crippen LogP contribution in [0.25, 0.3) is 11.1 Å². The van der Waals surface area contributed by atoms with E-state index >= 15 is 0 Å². The Labute approximate surface area is 71.0 Å². The van der Waals surface area contributed by atoms with Crippen molar-refractivity contribution in [2.45, 2.75) is 6.43 Å². The van der Waals surface area contributed by atoms with Crippen LogP contribution in [0.1, 0.15) is 12.3 Å². The van der Waals surface area contributed by atoms with Crippen LogP contribution in [0.4, 0.5) is 13.2 Å². The van der Waals surface area contributed by atoms with Gasteiger partial charge < -0.3 is 4.42 Å². The first-order valence-electron chi connectivity index (χ1n) is 3.51. The maximum absolute atomic E-state index is 12.6. The summed E-state index contributed by atoms with van der Waals surface area (Å²) in [5.74, 6) is -1.21. The summed E-state index contributed by atoms with van der Waals surface area (Å²) in [6.45, 7) is 0. The Balaban J connectivity index is 2.62. The lowest BCUT2D eigenvalue weighted by Gasteiger charge is -1.86. The number of alkyl halides is 2. The number of fused-ring (bicyclic) bond motifs is 1. The van der Waals surface area contributed by atoms with Gasteiger partial charge in [0.2, 0.25) is 0 Å². The van der Waals surface area contributed by atoms with Crippen molar-refractivity contribution in [2.24, 2.45) is 0 Å². The van der Waals surface area contributed by atoms with Gasteiger partial charge in [-0.25, -0.2) is 9.37 Å². The average Bonchev–Trinajstić information content (AvgIpc) is 2.46. The lowest BCUT2D eigenvalue weighted by molar-refractivity contribution is 0.117. The first-order chi connectivity index (χ1) is 6.16. The van der Waals surface area contributed by atoms with Gasteiger partial charge in [0, 0.05) is 6.07 Å². The molecule has 1 aromatic heterocycles. The third-order valence-electron chi connectivity index (χ3n) is 1.55. The fourth-order valence-electron chi connectivity index (χ4n) is 1.01. The van der Waals surface area contributed by atoms with Crippen molar-refractivity contribution >= 4 is 11.1 Å². The molecule has 5 heteroatoms. The Morgan fingerprint density at radius 3 is 2.77 bits per heavy atom. The second-order valence-electron chi connectivity index (χ2n) is 2.46. The number of benzene rings is 1. The molecule has 0 saturated heterocycles. The minimum absolute atomic E-state index is 0.107. The summed E-state index contributed by atoms with van der Waals surface area (Å²) in [5, 5.41) is 0. The molecule has 13 heavy (non-hydrogen) atoms. The zero-order valence-corrected chi connectivity index (χ0v) is 6.30. The van der Waals surface area contributed by atoms with Crippen LogP contribution in [-0.2, 0) is 0 Å². The molecule has 0 bridgehead atoms. The molecular weight excluding hydrogens is 183 g/mol. The van der Waals surface area contributed by atoms with Gasteiger partial charge in [0.1, 0.15) is 11.3 Å². The smallest absolute Gasteiger partial charge is 0.313 e. The van der Waals surface area contributed by atoms with E-state index in [1.54, 1.807) is 0 Å². The van der Waals surface area contributed by atoms with E-state index in [0.717, 1.165) is 12.1 Å². The maximum atomic E-state index is 12.6. The highest BCUT2D eigenvalue weighted by molar-refractivity contribution is 5.72. The molecule has 0 saturated carbocycles. The van der Waals surface area contributed by atoms with Gasteiger partial charge in [0.05, 0.1) is 0 Å². The number of rotatable bonds is 1. The van der Waals surface area contributed by atoms with Crippen molar-refractivity contribution < 1.29 is 17.6 Å². The lowest BCUT2D eigenvalue weighted by Crippen LogP contribution is -1.81. The topological polar surface area (TPSA) is 26.0 Å². The summed E-state index contributed by atoms with van der Waals surface area (Å²) in [6, 6.07) is 3.44. The third kappa shape index (κ3) is 1.37. The standard InChI is InChI=1S/C8H4F3NO/c9-4-1-2-6-5(3-4)12-8(13-6)7(10)11/h1-3,7H. The number of hydrogen-bond donors (Lipinski definition) is 0. The molecule has 0 aliphatic carbocycles. The van der Waals surface area contributed by atoms with E-state index in [4.69, 9.17) is 0 Å². The average molecular weight is 187 g/mol. The predicted octanol–water partition coefficient (Wildman–Crippen LogP) is 2.90. The molecule has 68 valence electrons. The zero-order chi connectivity index (χ0) is 9.42.